The van der Waals surface area contributed by atoms with Crippen LogP contribution in [-0.2, 0) is 13.1 Å². The topological polar surface area (TPSA) is 19.4 Å². The van der Waals surface area contributed by atoms with Crippen molar-refractivity contribution in [3.63, 3.8) is 0 Å². The number of hydrogen-bond acceptors (Lipinski definition) is 4. The fraction of sp³-hybridized carbons (Fsp3) is 0.316. The van der Waals surface area contributed by atoms with Crippen LogP contribution in [0.2, 0.25) is 5.02 Å². The molecule has 1 aromatic carbocycles. The predicted octanol–water partition coefficient (Wildman–Crippen LogP) is 4.27. The summed E-state index contributed by atoms with van der Waals surface area (Å²) in [5.74, 6) is 0. The standard InChI is InChI=1S/C19H20ClN3S/c20-19-16-3-1-2-4-17(16)24-18(19)14-23-11-9-22(10-12-23)13-15-5-7-21-8-6-15/h1-8H,9-14H2. The summed E-state index contributed by atoms with van der Waals surface area (Å²) in [7, 11) is 0. The molecule has 124 valence electrons. The van der Waals surface area contributed by atoms with Gasteiger partial charge in [-0.3, -0.25) is 14.8 Å². The average Bonchev–Trinajstić information content (AvgIpc) is 2.94. The number of rotatable bonds is 4. The van der Waals surface area contributed by atoms with Gasteiger partial charge in [0.05, 0.1) is 5.02 Å². The first-order valence-corrected chi connectivity index (χ1v) is 9.48. The van der Waals surface area contributed by atoms with Crippen molar-refractivity contribution in [2.45, 2.75) is 13.1 Å². The summed E-state index contributed by atoms with van der Waals surface area (Å²) in [5.41, 5.74) is 1.34. The Labute approximate surface area is 151 Å². The van der Waals surface area contributed by atoms with Gasteiger partial charge in [-0.05, 0) is 23.8 Å². The first-order valence-electron chi connectivity index (χ1n) is 8.29. The molecular formula is C19H20ClN3S. The third-order valence-corrected chi connectivity index (χ3v) is 6.29. The molecule has 0 aliphatic carbocycles. The summed E-state index contributed by atoms with van der Waals surface area (Å²) >= 11 is 8.41. The number of hydrogen-bond donors (Lipinski definition) is 0. The van der Waals surface area contributed by atoms with Crippen molar-refractivity contribution in [3.8, 4) is 0 Å². The van der Waals surface area contributed by atoms with E-state index in [1.54, 1.807) is 0 Å². The molecule has 0 amide bonds. The smallest absolute Gasteiger partial charge is 0.0637 e. The van der Waals surface area contributed by atoms with Crippen molar-refractivity contribution in [2.75, 3.05) is 26.2 Å². The first kappa shape index (κ1) is 16.0. The van der Waals surface area contributed by atoms with Crippen molar-refractivity contribution >= 4 is 33.0 Å². The van der Waals surface area contributed by atoms with Gasteiger partial charge in [0.2, 0.25) is 0 Å². The third-order valence-electron chi connectivity index (χ3n) is 4.59. The normalized spacial score (nSPS) is 16.7. The van der Waals surface area contributed by atoms with Gasteiger partial charge in [0.15, 0.2) is 0 Å². The predicted molar refractivity (Wildman–Crippen MR) is 102 cm³/mol. The van der Waals surface area contributed by atoms with Gasteiger partial charge in [-0.1, -0.05) is 29.8 Å². The molecule has 0 saturated carbocycles. The molecule has 0 unspecified atom stereocenters. The molecule has 1 aliphatic rings. The molecule has 0 spiro atoms. The number of nitrogens with zero attached hydrogens (tertiary/aromatic N) is 3. The van der Waals surface area contributed by atoms with Crippen LogP contribution in [0.1, 0.15) is 10.4 Å². The number of thiophene rings is 1. The van der Waals surface area contributed by atoms with E-state index in [2.05, 4.69) is 51.2 Å². The van der Waals surface area contributed by atoms with Crippen LogP contribution < -0.4 is 0 Å². The molecule has 4 rings (SSSR count). The summed E-state index contributed by atoms with van der Waals surface area (Å²) < 4.78 is 1.29. The Kier molecular flexibility index (Phi) is 4.81. The van der Waals surface area contributed by atoms with E-state index in [9.17, 15) is 0 Å². The molecule has 3 nitrogen and oxygen atoms in total. The highest BCUT2D eigenvalue weighted by molar-refractivity contribution is 7.19. The second kappa shape index (κ2) is 7.19. The molecule has 5 heteroatoms. The molecule has 0 radical (unpaired) electrons. The van der Waals surface area contributed by atoms with Crippen molar-refractivity contribution in [2.24, 2.45) is 0 Å². The van der Waals surface area contributed by atoms with Gasteiger partial charge in [-0.25, -0.2) is 0 Å². The van der Waals surface area contributed by atoms with Gasteiger partial charge in [-0.15, -0.1) is 11.3 Å². The second-order valence-electron chi connectivity index (χ2n) is 6.24. The molecule has 1 aliphatic heterocycles. The summed E-state index contributed by atoms with van der Waals surface area (Å²) in [6.07, 6.45) is 3.74. The maximum absolute atomic E-state index is 6.58. The zero-order valence-electron chi connectivity index (χ0n) is 13.5. The average molecular weight is 358 g/mol. The fourth-order valence-electron chi connectivity index (χ4n) is 3.22. The van der Waals surface area contributed by atoms with E-state index in [0.717, 1.165) is 44.3 Å². The van der Waals surface area contributed by atoms with Crippen LogP contribution in [0.15, 0.2) is 48.8 Å². The summed E-state index contributed by atoms with van der Waals surface area (Å²) in [5, 5.41) is 2.13. The van der Waals surface area contributed by atoms with E-state index < -0.39 is 0 Å². The molecule has 2 aromatic heterocycles. The van der Waals surface area contributed by atoms with Gasteiger partial charge in [-0.2, -0.15) is 0 Å². The van der Waals surface area contributed by atoms with Gasteiger partial charge < -0.3 is 0 Å². The van der Waals surface area contributed by atoms with Crippen molar-refractivity contribution in [1.82, 2.24) is 14.8 Å². The zero-order chi connectivity index (χ0) is 16.4. The van der Waals surface area contributed by atoms with Crippen LogP contribution >= 0.6 is 22.9 Å². The van der Waals surface area contributed by atoms with Crippen LogP contribution in [-0.4, -0.2) is 41.0 Å². The molecule has 3 aromatic rings. The van der Waals surface area contributed by atoms with Crippen LogP contribution in [0.3, 0.4) is 0 Å². The van der Waals surface area contributed by atoms with Crippen LogP contribution in [0.4, 0.5) is 0 Å². The number of halogens is 1. The molecule has 0 atom stereocenters. The largest absolute Gasteiger partial charge is 0.297 e. The molecule has 0 N–H and O–H groups in total. The molecular weight excluding hydrogens is 338 g/mol. The number of fused-ring (bicyclic) bond motifs is 1. The Hall–Kier alpha value is -1.46. The minimum atomic E-state index is 0.940. The summed E-state index contributed by atoms with van der Waals surface area (Å²) in [6.45, 7) is 6.36. The van der Waals surface area contributed by atoms with E-state index in [-0.39, 0.29) is 0 Å². The third kappa shape index (κ3) is 3.47. The minimum Gasteiger partial charge on any atom is -0.297 e. The van der Waals surface area contributed by atoms with E-state index >= 15 is 0 Å². The molecule has 1 saturated heterocycles. The molecule has 3 heterocycles. The minimum absolute atomic E-state index is 0.940. The first-order chi connectivity index (χ1) is 11.8. The lowest BCUT2D eigenvalue weighted by Crippen LogP contribution is -2.45. The number of benzene rings is 1. The van der Waals surface area contributed by atoms with E-state index in [0.29, 0.717) is 0 Å². The zero-order valence-corrected chi connectivity index (χ0v) is 15.1. The van der Waals surface area contributed by atoms with Crippen LogP contribution in [0.25, 0.3) is 10.1 Å². The quantitative estimate of drug-likeness (QED) is 0.695. The maximum atomic E-state index is 6.58. The lowest BCUT2D eigenvalue weighted by Gasteiger charge is -2.34. The number of piperazine rings is 1. The summed E-state index contributed by atoms with van der Waals surface area (Å²) in [6, 6.07) is 12.6. The maximum Gasteiger partial charge on any atom is 0.0637 e. The SMILES string of the molecule is Clc1c(CN2CCN(Cc3ccncc3)CC2)sc2ccccc12. The van der Waals surface area contributed by atoms with Crippen molar-refractivity contribution < 1.29 is 0 Å². The number of pyridine rings is 1. The van der Waals surface area contributed by atoms with Gasteiger partial charge >= 0.3 is 0 Å². The highest BCUT2D eigenvalue weighted by Crippen LogP contribution is 2.36. The van der Waals surface area contributed by atoms with Crippen molar-refractivity contribution in [1.29, 1.82) is 0 Å². The highest BCUT2D eigenvalue weighted by Gasteiger charge is 2.19. The number of aromatic nitrogens is 1. The molecule has 24 heavy (non-hydrogen) atoms. The van der Waals surface area contributed by atoms with E-state index in [1.807, 2.05) is 23.7 Å². The highest BCUT2D eigenvalue weighted by atomic mass is 35.5. The molecule has 1 fully saturated rings. The Morgan fingerprint density at radius 1 is 0.917 bits per heavy atom. The van der Waals surface area contributed by atoms with E-state index in [1.165, 1.54) is 20.5 Å². The van der Waals surface area contributed by atoms with Gasteiger partial charge in [0.25, 0.3) is 0 Å². The van der Waals surface area contributed by atoms with Crippen molar-refractivity contribution in [3.05, 3.63) is 64.3 Å². The van der Waals surface area contributed by atoms with Crippen LogP contribution in [0.5, 0.6) is 0 Å². The van der Waals surface area contributed by atoms with E-state index in [4.69, 9.17) is 11.6 Å². The Morgan fingerprint density at radius 2 is 1.58 bits per heavy atom. The Balaban J connectivity index is 1.36. The monoisotopic (exact) mass is 357 g/mol. The lowest BCUT2D eigenvalue weighted by molar-refractivity contribution is 0.123. The van der Waals surface area contributed by atoms with Gasteiger partial charge in [0.1, 0.15) is 0 Å². The summed E-state index contributed by atoms with van der Waals surface area (Å²) in [4.78, 5) is 10.4. The molecule has 0 bridgehead atoms. The van der Waals surface area contributed by atoms with Gasteiger partial charge in [0, 0.05) is 66.6 Å². The van der Waals surface area contributed by atoms with Crippen LogP contribution in [0, 0.1) is 0 Å². The fourth-order valence-corrected chi connectivity index (χ4v) is 4.76. The second-order valence-corrected chi connectivity index (χ2v) is 7.76. The Morgan fingerprint density at radius 3 is 2.29 bits per heavy atom. The Bertz CT molecular complexity index is 810. The lowest BCUT2D eigenvalue weighted by atomic mass is 10.2.